The summed E-state index contributed by atoms with van der Waals surface area (Å²) in [7, 11) is 0. The number of likely N-dealkylation sites (tertiary alicyclic amines) is 1. The van der Waals surface area contributed by atoms with Crippen molar-refractivity contribution in [2.75, 3.05) is 11.9 Å². The van der Waals surface area contributed by atoms with Gasteiger partial charge in [-0.1, -0.05) is 11.3 Å². The largest absolute Gasteiger partial charge is 0.471 e. The maximum atomic E-state index is 14.1. The fourth-order valence-corrected chi connectivity index (χ4v) is 4.18. The Bertz CT molecular complexity index is 973. The standard InChI is InChI=1S/C17H19FN6O2S/c1-10-6-12(26-16-13-4-3-5-24(13)20-9-19-16)7-23(10)8-14-15(18)22-17(27-14)21-11(2)25/h3-5,9-10,12H,6-8H2,1-2H3,(H,21,22,25). The first-order chi connectivity index (χ1) is 13.0. The molecule has 0 radical (unpaired) electrons. The van der Waals surface area contributed by atoms with Crippen LogP contribution in [0.5, 0.6) is 5.88 Å². The number of hydrogen-bond donors (Lipinski definition) is 1. The highest BCUT2D eigenvalue weighted by atomic mass is 32.1. The van der Waals surface area contributed by atoms with Gasteiger partial charge in [-0.2, -0.15) is 19.5 Å². The Morgan fingerprint density at radius 3 is 3.19 bits per heavy atom. The molecule has 2 unspecified atom stereocenters. The summed E-state index contributed by atoms with van der Waals surface area (Å²) >= 11 is 1.16. The van der Waals surface area contributed by atoms with Gasteiger partial charge < -0.3 is 10.1 Å². The average molecular weight is 390 g/mol. The van der Waals surface area contributed by atoms with Gasteiger partial charge in [-0.05, 0) is 19.1 Å². The predicted molar refractivity (Wildman–Crippen MR) is 98.3 cm³/mol. The number of rotatable bonds is 5. The first-order valence-corrected chi connectivity index (χ1v) is 9.43. The molecule has 1 N–H and O–H groups in total. The Labute approximate surface area is 159 Å². The summed E-state index contributed by atoms with van der Waals surface area (Å²) in [5.41, 5.74) is 0.817. The van der Waals surface area contributed by atoms with Crippen molar-refractivity contribution < 1.29 is 13.9 Å². The molecular formula is C17H19FN6O2S. The van der Waals surface area contributed by atoms with E-state index in [1.165, 1.54) is 13.3 Å². The Morgan fingerprint density at radius 1 is 1.52 bits per heavy atom. The molecule has 1 aliphatic rings. The fourth-order valence-electron chi connectivity index (χ4n) is 3.26. The Balaban J connectivity index is 1.43. The Kier molecular flexibility index (Phi) is 4.75. The summed E-state index contributed by atoms with van der Waals surface area (Å²) in [5, 5.41) is 6.94. The van der Waals surface area contributed by atoms with Crippen LogP contribution in [0.15, 0.2) is 24.7 Å². The van der Waals surface area contributed by atoms with E-state index in [9.17, 15) is 9.18 Å². The van der Waals surface area contributed by atoms with Crippen molar-refractivity contribution in [3.05, 3.63) is 35.5 Å². The zero-order chi connectivity index (χ0) is 19.0. The number of nitrogens with zero attached hydrogens (tertiary/aromatic N) is 5. The van der Waals surface area contributed by atoms with E-state index in [1.807, 2.05) is 18.3 Å². The van der Waals surface area contributed by atoms with Crippen LogP contribution in [0.2, 0.25) is 0 Å². The highest BCUT2D eigenvalue weighted by Gasteiger charge is 2.32. The van der Waals surface area contributed by atoms with E-state index >= 15 is 0 Å². The lowest BCUT2D eigenvalue weighted by molar-refractivity contribution is -0.114. The van der Waals surface area contributed by atoms with Crippen LogP contribution < -0.4 is 10.1 Å². The van der Waals surface area contributed by atoms with Crippen molar-refractivity contribution in [3.8, 4) is 5.88 Å². The number of halogens is 1. The fraction of sp³-hybridized carbons (Fsp3) is 0.412. The van der Waals surface area contributed by atoms with Crippen molar-refractivity contribution in [1.29, 1.82) is 0 Å². The molecule has 0 spiro atoms. The molecular weight excluding hydrogens is 371 g/mol. The van der Waals surface area contributed by atoms with E-state index < -0.39 is 5.95 Å². The van der Waals surface area contributed by atoms with Gasteiger partial charge in [0.1, 0.15) is 17.9 Å². The summed E-state index contributed by atoms with van der Waals surface area (Å²) in [6.07, 6.45) is 4.08. The van der Waals surface area contributed by atoms with Gasteiger partial charge in [-0.25, -0.2) is 4.52 Å². The second-order valence-corrected chi connectivity index (χ2v) is 7.66. The first kappa shape index (κ1) is 17.8. The summed E-state index contributed by atoms with van der Waals surface area (Å²) in [6.45, 7) is 4.54. The van der Waals surface area contributed by atoms with Crippen LogP contribution in [0.1, 0.15) is 25.1 Å². The Hall–Kier alpha value is -2.59. The van der Waals surface area contributed by atoms with Crippen molar-refractivity contribution in [1.82, 2.24) is 24.5 Å². The van der Waals surface area contributed by atoms with Crippen LogP contribution >= 0.6 is 11.3 Å². The third kappa shape index (κ3) is 3.76. The second-order valence-electron chi connectivity index (χ2n) is 6.57. The highest BCUT2D eigenvalue weighted by molar-refractivity contribution is 7.15. The van der Waals surface area contributed by atoms with E-state index in [0.717, 1.165) is 23.3 Å². The van der Waals surface area contributed by atoms with Crippen LogP contribution in [0.4, 0.5) is 9.52 Å². The molecule has 4 heterocycles. The minimum atomic E-state index is -0.536. The van der Waals surface area contributed by atoms with Gasteiger partial charge in [0.15, 0.2) is 5.13 Å². The maximum Gasteiger partial charge on any atom is 0.241 e. The zero-order valence-corrected chi connectivity index (χ0v) is 15.7. The van der Waals surface area contributed by atoms with E-state index in [2.05, 4.69) is 32.2 Å². The number of hydrogen-bond acceptors (Lipinski definition) is 7. The van der Waals surface area contributed by atoms with Gasteiger partial charge in [0.2, 0.25) is 17.7 Å². The van der Waals surface area contributed by atoms with Gasteiger partial charge in [-0.15, -0.1) is 0 Å². The van der Waals surface area contributed by atoms with Crippen molar-refractivity contribution in [2.45, 2.75) is 39.0 Å². The second kappa shape index (κ2) is 7.20. The molecule has 10 heteroatoms. The molecule has 8 nitrogen and oxygen atoms in total. The minimum absolute atomic E-state index is 0.0422. The topological polar surface area (TPSA) is 84.7 Å². The number of aromatic nitrogens is 4. The normalized spacial score (nSPS) is 20.3. The third-order valence-electron chi connectivity index (χ3n) is 4.52. The molecule has 142 valence electrons. The number of carbonyl (C=O) groups excluding carboxylic acids is 1. The lowest BCUT2D eigenvalue weighted by Gasteiger charge is -2.19. The smallest absolute Gasteiger partial charge is 0.241 e. The van der Waals surface area contributed by atoms with Gasteiger partial charge in [0.25, 0.3) is 0 Å². The van der Waals surface area contributed by atoms with E-state index in [4.69, 9.17) is 4.74 Å². The lowest BCUT2D eigenvalue weighted by atomic mass is 10.2. The molecule has 1 saturated heterocycles. The summed E-state index contributed by atoms with van der Waals surface area (Å²) in [6, 6.07) is 4.02. The molecule has 1 aliphatic heterocycles. The average Bonchev–Trinajstić information content (AvgIpc) is 3.29. The van der Waals surface area contributed by atoms with E-state index in [-0.39, 0.29) is 23.2 Å². The van der Waals surface area contributed by atoms with Crippen LogP contribution in [0.25, 0.3) is 5.52 Å². The Morgan fingerprint density at radius 2 is 2.37 bits per heavy atom. The van der Waals surface area contributed by atoms with Crippen molar-refractivity contribution in [3.63, 3.8) is 0 Å². The molecule has 1 amide bonds. The number of thiazole rings is 1. The molecule has 27 heavy (non-hydrogen) atoms. The summed E-state index contributed by atoms with van der Waals surface area (Å²) < 4.78 is 21.9. The van der Waals surface area contributed by atoms with Crippen molar-refractivity contribution >= 4 is 27.9 Å². The molecule has 1 fully saturated rings. The van der Waals surface area contributed by atoms with Crippen LogP contribution in [0, 0.1) is 5.95 Å². The first-order valence-electron chi connectivity index (χ1n) is 8.61. The molecule has 3 aromatic rings. The van der Waals surface area contributed by atoms with E-state index in [0.29, 0.717) is 23.8 Å². The number of fused-ring (bicyclic) bond motifs is 1. The number of ether oxygens (including phenoxy) is 1. The van der Waals surface area contributed by atoms with Crippen molar-refractivity contribution in [2.24, 2.45) is 0 Å². The lowest BCUT2D eigenvalue weighted by Crippen LogP contribution is -2.28. The molecule has 0 aliphatic carbocycles. The quantitative estimate of drug-likeness (QED) is 0.720. The summed E-state index contributed by atoms with van der Waals surface area (Å²) in [4.78, 5) is 21.8. The number of anilines is 1. The molecule has 0 saturated carbocycles. The minimum Gasteiger partial charge on any atom is -0.471 e. The predicted octanol–water partition coefficient (Wildman–Crippen LogP) is 2.33. The third-order valence-corrected chi connectivity index (χ3v) is 5.45. The molecule has 2 atom stereocenters. The van der Waals surface area contributed by atoms with Gasteiger partial charge in [-0.3, -0.25) is 9.69 Å². The van der Waals surface area contributed by atoms with Crippen LogP contribution in [0.3, 0.4) is 0 Å². The monoisotopic (exact) mass is 390 g/mol. The molecule has 0 aromatic carbocycles. The zero-order valence-electron chi connectivity index (χ0n) is 14.9. The van der Waals surface area contributed by atoms with E-state index in [1.54, 1.807) is 4.52 Å². The maximum absolute atomic E-state index is 14.1. The van der Waals surface area contributed by atoms with Gasteiger partial charge in [0.05, 0.1) is 4.88 Å². The molecule has 0 bridgehead atoms. The number of nitrogens with one attached hydrogen (secondary N) is 1. The molecule has 4 rings (SSSR count). The van der Waals surface area contributed by atoms with Gasteiger partial charge in [0, 0.05) is 38.7 Å². The van der Waals surface area contributed by atoms with Gasteiger partial charge >= 0.3 is 0 Å². The van der Waals surface area contributed by atoms with Crippen LogP contribution in [-0.4, -0.2) is 49.1 Å². The van der Waals surface area contributed by atoms with Crippen LogP contribution in [-0.2, 0) is 11.3 Å². The molecule has 3 aromatic heterocycles. The number of amides is 1. The SMILES string of the molecule is CC(=O)Nc1nc(F)c(CN2CC(Oc3ncnn4cccc34)CC2C)s1. The highest BCUT2D eigenvalue weighted by Crippen LogP contribution is 2.29. The number of carbonyl (C=O) groups is 1. The summed E-state index contributed by atoms with van der Waals surface area (Å²) in [5.74, 6) is -0.253.